The smallest absolute Gasteiger partial charge is 0.325 e. The maximum atomic E-state index is 12.1. The number of aromatic nitrogens is 4. The van der Waals surface area contributed by atoms with Gasteiger partial charge in [-0.25, -0.2) is 9.59 Å². The molecule has 2 heterocycles. The third kappa shape index (κ3) is 8.95. The molecule has 0 radical (unpaired) electrons. The Morgan fingerprint density at radius 2 is 1.05 bits per heavy atom. The standard InChI is InChI=1S/C22H20N10O7S2/c33-19(23-13-1-5-15(6-2-13)31(35)36)25-21-29-27-17(40-21)9-11-39-12-10-18-28-30-22(41-18)26-20(34)24-14-3-7-16(8-4-14)32(37)38/h1-8H,9-12H2,(H2,23,25,29,33)(H2,24,26,30,34). The van der Waals surface area contributed by atoms with Gasteiger partial charge in [-0.3, -0.25) is 30.9 Å². The number of carbonyl (C=O) groups is 2. The average molecular weight is 601 g/mol. The van der Waals surface area contributed by atoms with Gasteiger partial charge in [0, 0.05) is 48.5 Å². The van der Waals surface area contributed by atoms with Gasteiger partial charge in [-0.2, -0.15) is 0 Å². The van der Waals surface area contributed by atoms with Crippen molar-refractivity contribution in [1.29, 1.82) is 0 Å². The minimum Gasteiger partial charge on any atom is -0.381 e. The van der Waals surface area contributed by atoms with Crippen molar-refractivity contribution in [3.63, 3.8) is 0 Å². The summed E-state index contributed by atoms with van der Waals surface area (Å²) < 4.78 is 5.62. The molecule has 0 aliphatic rings. The van der Waals surface area contributed by atoms with E-state index in [1.807, 2.05) is 0 Å². The predicted molar refractivity (Wildman–Crippen MR) is 150 cm³/mol. The third-order valence-electron chi connectivity index (χ3n) is 4.97. The molecule has 0 fully saturated rings. The Bertz CT molecular complexity index is 1410. The average Bonchev–Trinajstić information content (AvgIpc) is 3.58. The molecule has 4 amide bonds. The number of ether oxygens (including phenoxy) is 1. The van der Waals surface area contributed by atoms with Crippen molar-refractivity contribution in [1.82, 2.24) is 20.4 Å². The van der Waals surface area contributed by atoms with Crippen LogP contribution in [-0.2, 0) is 17.6 Å². The highest BCUT2D eigenvalue weighted by molar-refractivity contribution is 7.15. The Kier molecular flexibility index (Phi) is 9.70. The summed E-state index contributed by atoms with van der Waals surface area (Å²) in [6, 6.07) is 9.68. The van der Waals surface area contributed by atoms with Gasteiger partial charge < -0.3 is 15.4 Å². The van der Waals surface area contributed by atoms with E-state index in [1.165, 1.54) is 71.2 Å². The molecule has 212 valence electrons. The summed E-state index contributed by atoms with van der Waals surface area (Å²) in [6.07, 6.45) is 0.935. The van der Waals surface area contributed by atoms with Crippen LogP contribution in [0.5, 0.6) is 0 Å². The summed E-state index contributed by atoms with van der Waals surface area (Å²) in [7, 11) is 0. The van der Waals surface area contributed by atoms with Gasteiger partial charge in [0.05, 0.1) is 23.1 Å². The first-order valence-electron chi connectivity index (χ1n) is 11.6. The van der Waals surface area contributed by atoms with E-state index in [9.17, 15) is 29.8 Å². The van der Waals surface area contributed by atoms with Gasteiger partial charge in [0.1, 0.15) is 10.0 Å². The number of nitro benzene ring substituents is 2. The summed E-state index contributed by atoms with van der Waals surface area (Å²) in [5.41, 5.74) is 0.602. The fraction of sp³-hybridized carbons (Fsp3) is 0.182. The predicted octanol–water partition coefficient (Wildman–Crippen LogP) is 4.30. The lowest BCUT2D eigenvalue weighted by Gasteiger charge is -2.04. The molecule has 2 aromatic heterocycles. The summed E-state index contributed by atoms with van der Waals surface area (Å²) in [4.78, 5) is 44.6. The topological polar surface area (TPSA) is 229 Å². The number of anilines is 4. The quantitative estimate of drug-likeness (QED) is 0.102. The number of rotatable bonds is 12. The van der Waals surface area contributed by atoms with Crippen LogP contribution in [0.15, 0.2) is 48.5 Å². The number of urea groups is 2. The molecule has 0 bridgehead atoms. The minimum atomic E-state index is -0.562. The van der Waals surface area contributed by atoms with Gasteiger partial charge in [-0.05, 0) is 24.3 Å². The number of nitro groups is 2. The maximum Gasteiger partial charge on any atom is 0.325 e. The Hall–Kier alpha value is -5.14. The highest BCUT2D eigenvalue weighted by Gasteiger charge is 2.12. The van der Waals surface area contributed by atoms with Crippen molar-refractivity contribution < 1.29 is 24.2 Å². The maximum absolute atomic E-state index is 12.1. The lowest BCUT2D eigenvalue weighted by atomic mass is 10.3. The summed E-state index contributed by atoms with van der Waals surface area (Å²) in [6.45, 7) is 0.705. The molecule has 0 spiro atoms. The first kappa shape index (κ1) is 28.9. The first-order chi connectivity index (χ1) is 19.7. The largest absolute Gasteiger partial charge is 0.381 e. The van der Waals surface area contributed by atoms with Gasteiger partial charge in [0.25, 0.3) is 11.4 Å². The Labute approximate surface area is 238 Å². The second kappa shape index (κ2) is 13.8. The highest BCUT2D eigenvalue weighted by atomic mass is 32.1. The number of benzene rings is 2. The zero-order chi connectivity index (χ0) is 29.2. The van der Waals surface area contributed by atoms with Crippen molar-refractivity contribution >= 4 is 67.7 Å². The molecular formula is C22H20N10O7S2. The van der Waals surface area contributed by atoms with E-state index in [-0.39, 0.29) is 21.6 Å². The Morgan fingerprint density at radius 1 is 0.659 bits per heavy atom. The van der Waals surface area contributed by atoms with Gasteiger partial charge in [-0.15, -0.1) is 20.4 Å². The van der Waals surface area contributed by atoms with Crippen molar-refractivity contribution in [2.45, 2.75) is 12.8 Å². The summed E-state index contributed by atoms with van der Waals surface area (Å²) in [5.74, 6) is 0. The zero-order valence-electron chi connectivity index (χ0n) is 20.8. The molecular weight excluding hydrogens is 580 g/mol. The third-order valence-corrected chi connectivity index (χ3v) is 6.76. The Morgan fingerprint density at radius 3 is 1.41 bits per heavy atom. The van der Waals surface area contributed by atoms with Crippen LogP contribution in [0.4, 0.5) is 42.6 Å². The molecule has 0 saturated carbocycles. The number of hydrogen-bond donors (Lipinski definition) is 4. The molecule has 19 heteroatoms. The van der Waals surface area contributed by atoms with E-state index in [0.717, 1.165) is 0 Å². The lowest BCUT2D eigenvalue weighted by molar-refractivity contribution is -0.385. The van der Waals surface area contributed by atoms with Gasteiger partial charge in [-0.1, -0.05) is 22.7 Å². The van der Waals surface area contributed by atoms with Crippen molar-refractivity contribution in [2.75, 3.05) is 34.5 Å². The molecule has 0 unspecified atom stereocenters. The van der Waals surface area contributed by atoms with E-state index in [1.54, 1.807) is 0 Å². The van der Waals surface area contributed by atoms with Crippen molar-refractivity contribution in [3.05, 3.63) is 78.8 Å². The second-order valence-electron chi connectivity index (χ2n) is 7.88. The molecule has 17 nitrogen and oxygen atoms in total. The highest BCUT2D eigenvalue weighted by Crippen LogP contribution is 2.20. The van der Waals surface area contributed by atoms with E-state index >= 15 is 0 Å². The summed E-state index contributed by atoms with van der Waals surface area (Å²) >= 11 is 2.37. The van der Waals surface area contributed by atoms with Crippen LogP contribution >= 0.6 is 22.7 Å². The van der Waals surface area contributed by atoms with Crippen molar-refractivity contribution in [2.24, 2.45) is 0 Å². The molecule has 0 atom stereocenters. The molecule has 4 aromatic rings. The zero-order valence-corrected chi connectivity index (χ0v) is 22.4. The normalized spacial score (nSPS) is 10.5. The molecule has 41 heavy (non-hydrogen) atoms. The van der Waals surface area contributed by atoms with Crippen LogP contribution in [-0.4, -0.2) is 55.5 Å². The minimum absolute atomic E-state index is 0.0835. The van der Waals surface area contributed by atoms with Gasteiger partial charge >= 0.3 is 12.1 Å². The number of non-ortho nitro benzene ring substituents is 2. The Balaban J connectivity index is 1.12. The summed E-state index contributed by atoms with van der Waals surface area (Å²) in [5, 5.41) is 49.3. The second-order valence-corrected chi connectivity index (χ2v) is 10.0. The number of carbonyl (C=O) groups excluding carboxylic acids is 2. The SMILES string of the molecule is O=C(Nc1ccc([N+](=O)[O-])cc1)Nc1nnc(CCOCCc2nnc(NC(=O)Nc3ccc([N+](=O)[O-])cc3)s2)s1. The van der Waals surface area contributed by atoms with Gasteiger partial charge in [0.2, 0.25) is 10.3 Å². The number of nitrogens with one attached hydrogen (secondary N) is 4. The fourth-order valence-electron chi connectivity index (χ4n) is 3.08. The fourth-order valence-corrected chi connectivity index (χ4v) is 4.51. The van der Waals surface area contributed by atoms with Crippen LogP contribution < -0.4 is 21.3 Å². The molecule has 0 aliphatic carbocycles. The van der Waals surface area contributed by atoms with Crippen LogP contribution in [0.1, 0.15) is 10.0 Å². The van der Waals surface area contributed by atoms with Crippen LogP contribution in [0.3, 0.4) is 0 Å². The molecule has 4 N–H and O–H groups in total. The van der Waals surface area contributed by atoms with E-state index < -0.39 is 21.9 Å². The van der Waals surface area contributed by atoms with Crippen molar-refractivity contribution in [3.8, 4) is 0 Å². The van der Waals surface area contributed by atoms with Crippen LogP contribution in [0, 0.1) is 20.2 Å². The lowest BCUT2D eigenvalue weighted by Crippen LogP contribution is -2.19. The van der Waals surface area contributed by atoms with Gasteiger partial charge in [0.15, 0.2) is 0 Å². The number of nitrogens with zero attached hydrogens (tertiary/aromatic N) is 6. The van der Waals surface area contributed by atoms with E-state index in [0.29, 0.717) is 47.4 Å². The van der Waals surface area contributed by atoms with Crippen LogP contribution in [0.2, 0.25) is 0 Å². The molecule has 4 rings (SSSR count). The molecule has 0 saturated heterocycles. The van der Waals surface area contributed by atoms with Crippen LogP contribution in [0.25, 0.3) is 0 Å². The number of hydrogen-bond acceptors (Lipinski definition) is 13. The molecule has 2 aromatic carbocycles. The monoisotopic (exact) mass is 600 g/mol. The first-order valence-corrected chi connectivity index (χ1v) is 13.3. The molecule has 0 aliphatic heterocycles. The van der Waals surface area contributed by atoms with E-state index in [4.69, 9.17) is 4.74 Å². The van der Waals surface area contributed by atoms with E-state index in [2.05, 4.69) is 41.7 Å². The number of amides is 4.